The summed E-state index contributed by atoms with van der Waals surface area (Å²) in [7, 11) is 0. The first-order valence-corrected chi connectivity index (χ1v) is 6.56. The Kier molecular flexibility index (Phi) is 5.02. The zero-order valence-corrected chi connectivity index (χ0v) is 9.31. The van der Waals surface area contributed by atoms with Gasteiger partial charge in [0.25, 0.3) is 6.64 Å². The molecule has 13 heavy (non-hydrogen) atoms. The van der Waals surface area contributed by atoms with Crippen LogP contribution in [0.15, 0.2) is 0 Å². The summed E-state index contributed by atoms with van der Waals surface area (Å²) in [4.78, 5) is 28.6. The van der Waals surface area contributed by atoms with Gasteiger partial charge in [0.1, 0.15) is 0 Å². The Hall–Kier alpha value is 0. The van der Waals surface area contributed by atoms with Crippen molar-refractivity contribution >= 4 is 24.4 Å². The molecule has 78 valence electrons. The number of rotatable bonds is 5. The molecule has 0 aliphatic rings. The average Bonchev–Trinajstić information content (AvgIpc) is 1.81. The third kappa shape index (κ3) is 7.10. The lowest BCUT2D eigenvalue weighted by molar-refractivity contribution is -0.120. The topological polar surface area (TPSA) is 95.6 Å². The average molecular weight is 226 g/mol. The highest BCUT2D eigenvalue weighted by Crippen LogP contribution is 2.30. The maximum atomic E-state index is 10.8. The van der Waals surface area contributed by atoms with Gasteiger partial charge in [0.2, 0.25) is 5.91 Å². The summed E-state index contributed by atoms with van der Waals surface area (Å²) >= 11 is 4.34. The highest BCUT2D eigenvalue weighted by atomic mass is 32.5. The van der Waals surface area contributed by atoms with E-state index in [1.165, 1.54) is 0 Å². The van der Waals surface area contributed by atoms with E-state index in [9.17, 15) is 4.79 Å². The first kappa shape index (κ1) is 13.0. The van der Waals surface area contributed by atoms with E-state index in [1.54, 1.807) is 0 Å². The fraction of sp³-hybridized carbons (Fsp3) is 0.833. The van der Waals surface area contributed by atoms with Crippen LogP contribution in [0.2, 0.25) is 0 Å². The minimum atomic E-state index is -3.55. The van der Waals surface area contributed by atoms with Crippen LogP contribution in [0.5, 0.6) is 0 Å². The molecule has 0 radical (unpaired) electrons. The predicted molar refractivity (Wildman–Crippen MR) is 54.3 cm³/mol. The molecule has 0 saturated heterocycles. The molecular weight excluding hydrogens is 211 g/mol. The molecule has 0 spiro atoms. The molecule has 1 unspecified atom stereocenters. The summed E-state index contributed by atoms with van der Waals surface area (Å²) in [5.74, 6) is -0.391. The van der Waals surface area contributed by atoms with E-state index in [0.717, 1.165) is 0 Å². The van der Waals surface area contributed by atoms with Crippen molar-refractivity contribution in [2.75, 3.05) is 0 Å². The number of nitrogens with two attached hydrogens (primary N) is 1. The summed E-state index contributed by atoms with van der Waals surface area (Å²) in [6, 6.07) is -0.763. The smallest absolute Gasteiger partial charge is 0.256 e. The van der Waals surface area contributed by atoms with Gasteiger partial charge in [-0.05, 0) is 24.1 Å². The van der Waals surface area contributed by atoms with Gasteiger partial charge in [-0.15, -0.1) is 0 Å². The third-order valence-electron chi connectivity index (χ3n) is 1.37. The van der Waals surface area contributed by atoms with Crippen LogP contribution >= 0.6 is 6.64 Å². The summed E-state index contributed by atoms with van der Waals surface area (Å²) in [5, 5.41) is 2.25. The zero-order valence-electron chi connectivity index (χ0n) is 7.60. The van der Waals surface area contributed by atoms with Crippen molar-refractivity contribution in [1.29, 1.82) is 0 Å². The molecule has 7 heteroatoms. The summed E-state index contributed by atoms with van der Waals surface area (Å²) in [6.07, 6.45) is 0.439. The highest BCUT2D eigenvalue weighted by molar-refractivity contribution is 8.08. The maximum Gasteiger partial charge on any atom is 0.256 e. The SMILES string of the molecule is CC(C)CC(NP(O)(O)=S)C(N)=O. The Morgan fingerprint density at radius 3 is 2.31 bits per heavy atom. The standard InChI is InChI=1S/C6H15N2O3PS/c1-4(2)3-5(6(7)9)8-12(10,11)13/h4-5H,3H2,1-2H3,(H2,7,9)(H3,8,10,11,13). The number of hydrogen-bond donors (Lipinski definition) is 4. The van der Waals surface area contributed by atoms with Gasteiger partial charge in [0, 0.05) is 0 Å². The molecule has 0 bridgehead atoms. The van der Waals surface area contributed by atoms with E-state index >= 15 is 0 Å². The third-order valence-corrected chi connectivity index (χ3v) is 2.34. The maximum absolute atomic E-state index is 10.8. The minimum Gasteiger partial charge on any atom is -0.368 e. The lowest BCUT2D eigenvalue weighted by atomic mass is 10.0. The van der Waals surface area contributed by atoms with Crippen LogP contribution < -0.4 is 10.8 Å². The van der Waals surface area contributed by atoms with Crippen molar-refractivity contribution in [3.05, 3.63) is 0 Å². The van der Waals surface area contributed by atoms with Crippen LogP contribution in [-0.4, -0.2) is 21.7 Å². The molecular formula is C6H15N2O3PS. The summed E-state index contributed by atoms with van der Waals surface area (Å²) < 4.78 is 0. The van der Waals surface area contributed by atoms with E-state index in [-0.39, 0.29) is 5.92 Å². The summed E-state index contributed by atoms with van der Waals surface area (Å²) in [6.45, 7) is 0.248. The van der Waals surface area contributed by atoms with Crippen LogP contribution in [0.1, 0.15) is 20.3 Å². The fourth-order valence-corrected chi connectivity index (χ4v) is 1.93. The normalized spacial score (nSPS) is 14.5. The molecule has 0 aromatic rings. The first-order valence-electron chi connectivity index (χ1n) is 3.85. The number of carbonyl (C=O) groups is 1. The van der Waals surface area contributed by atoms with Crippen molar-refractivity contribution in [3.8, 4) is 0 Å². The van der Waals surface area contributed by atoms with Gasteiger partial charge in [0.05, 0.1) is 6.04 Å². The molecule has 0 aromatic carbocycles. The van der Waals surface area contributed by atoms with E-state index in [0.29, 0.717) is 6.42 Å². The van der Waals surface area contributed by atoms with Crippen molar-refractivity contribution in [3.63, 3.8) is 0 Å². The first-order chi connectivity index (χ1) is 5.72. The van der Waals surface area contributed by atoms with Crippen LogP contribution in [0.4, 0.5) is 0 Å². The van der Waals surface area contributed by atoms with Gasteiger partial charge in [-0.25, -0.2) is 5.09 Å². The van der Waals surface area contributed by atoms with Gasteiger partial charge < -0.3 is 15.5 Å². The second kappa shape index (κ2) is 5.02. The van der Waals surface area contributed by atoms with Gasteiger partial charge in [0.15, 0.2) is 0 Å². The zero-order chi connectivity index (χ0) is 10.6. The van der Waals surface area contributed by atoms with Crippen molar-refractivity contribution in [2.45, 2.75) is 26.3 Å². The van der Waals surface area contributed by atoms with Crippen molar-refractivity contribution in [1.82, 2.24) is 5.09 Å². The minimum absolute atomic E-state index is 0.228. The Morgan fingerprint density at radius 2 is 2.08 bits per heavy atom. The molecule has 1 amide bonds. The lowest BCUT2D eigenvalue weighted by Crippen LogP contribution is -2.40. The molecule has 0 saturated carbocycles. The molecule has 0 aliphatic heterocycles. The van der Waals surface area contributed by atoms with Gasteiger partial charge in [-0.2, -0.15) is 0 Å². The van der Waals surface area contributed by atoms with Crippen molar-refractivity contribution < 1.29 is 14.6 Å². The Balaban J connectivity index is 4.28. The van der Waals surface area contributed by atoms with Gasteiger partial charge in [-0.3, -0.25) is 4.79 Å². The largest absolute Gasteiger partial charge is 0.368 e. The second-order valence-corrected chi connectivity index (χ2v) is 6.13. The van der Waals surface area contributed by atoms with Crippen LogP contribution in [0.3, 0.4) is 0 Å². The fourth-order valence-electron chi connectivity index (χ4n) is 0.907. The lowest BCUT2D eigenvalue weighted by Gasteiger charge is -2.19. The van der Waals surface area contributed by atoms with E-state index in [1.807, 2.05) is 13.8 Å². The van der Waals surface area contributed by atoms with Crippen LogP contribution in [0, 0.1) is 5.92 Å². The van der Waals surface area contributed by atoms with E-state index in [2.05, 4.69) is 16.9 Å². The number of hydrogen-bond acceptors (Lipinski definition) is 2. The Bertz CT molecular complexity index is 228. The molecule has 0 aliphatic carbocycles. The number of nitrogens with one attached hydrogen (secondary N) is 1. The number of primary amides is 1. The molecule has 5 nitrogen and oxygen atoms in total. The van der Waals surface area contributed by atoms with Crippen molar-refractivity contribution in [2.24, 2.45) is 11.7 Å². The number of amides is 1. The molecule has 5 N–H and O–H groups in total. The number of carbonyl (C=O) groups excluding carboxylic acids is 1. The predicted octanol–water partition coefficient (Wildman–Crippen LogP) is -0.315. The Morgan fingerprint density at radius 1 is 1.62 bits per heavy atom. The molecule has 0 heterocycles. The molecule has 0 fully saturated rings. The summed E-state index contributed by atoms with van der Waals surface area (Å²) in [5.41, 5.74) is 5.04. The monoisotopic (exact) mass is 226 g/mol. The van der Waals surface area contributed by atoms with E-state index < -0.39 is 18.6 Å². The quantitative estimate of drug-likeness (QED) is 0.482. The Labute approximate surface area is 82.6 Å². The van der Waals surface area contributed by atoms with Crippen LogP contribution in [-0.2, 0) is 16.6 Å². The molecule has 0 aromatic heterocycles. The van der Waals surface area contributed by atoms with Gasteiger partial charge >= 0.3 is 0 Å². The second-order valence-electron chi connectivity index (χ2n) is 3.26. The van der Waals surface area contributed by atoms with Gasteiger partial charge in [-0.1, -0.05) is 13.8 Å². The highest BCUT2D eigenvalue weighted by Gasteiger charge is 2.21. The molecule has 0 rings (SSSR count). The van der Waals surface area contributed by atoms with E-state index in [4.69, 9.17) is 15.5 Å². The van der Waals surface area contributed by atoms with Crippen LogP contribution in [0.25, 0.3) is 0 Å². The molecule has 1 atom stereocenters.